The van der Waals surface area contributed by atoms with Crippen molar-refractivity contribution in [2.24, 2.45) is 0 Å². The van der Waals surface area contributed by atoms with E-state index in [4.69, 9.17) is 14.2 Å². The Labute approximate surface area is 168 Å². The number of hydrogen-bond acceptors (Lipinski definition) is 8. The van der Waals surface area contributed by atoms with Crippen molar-refractivity contribution in [1.29, 1.82) is 0 Å². The zero-order chi connectivity index (χ0) is 20.8. The number of benzene rings is 1. The minimum atomic E-state index is -2.27. The van der Waals surface area contributed by atoms with Crippen molar-refractivity contribution >= 4 is 23.0 Å². The molecule has 1 saturated heterocycles. The molecule has 1 spiro atoms. The Kier molecular flexibility index (Phi) is 3.00. The number of esters is 1. The van der Waals surface area contributed by atoms with Crippen LogP contribution in [0, 0.1) is 0 Å². The normalized spacial score (nSPS) is 22.5. The summed E-state index contributed by atoms with van der Waals surface area (Å²) < 4.78 is 16.4. The van der Waals surface area contributed by atoms with Gasteiger partial charge < -0.3 is 23.9 Å². The molecular formula is C21H14N2O7. The average molecular weight is 406 g/mol. The molecule has 1 fully saturated rings. The van der Waals surface area contributed by atoms with E-state index in [1.54, 1.807) is 6.92 Å². The van der Waals surface area contributed by atoms with Crippen LogP contribution in [0.15, 0.2) is 41.2 Å². The maximum Gasteiger partial charge on any atom is 0.520 e. The zero-order valence-electron chi connectivity index (χ0n) is 15.7. The summed E-state index contributed by atoms with van der Waals surface area (Å²) in [7, 11) is 0. The van der Waals surface area contributed by atoms with Gasteiger partial charge in [0.25, 0.3) is 5.56 Å². The summed E-state index contributed by atoms with van der Waals surface area (Å²) in [5, 5.41) is 12.0. The lowest BCUT2D eigenvalue weighted by molar-refractivity contribution is -0.408. The van der Waals surface area contributed by atoms with Crippen LogP contribution >= 0.6 is 0 Å². The molecule has 1 aromatic carbocycles. The molecule has 0 bridgehead atoms. The number of carbonyl (C=O) groups is 2. The van der Waals surface area contributed by atoms with E-state index in [-0.39, 0.29) is 24.1 Å². The molecule has 0 radical (unpaired) electrons. The van der Waals surface area contributed by atoms with Crippen LogP contribution < -0.4 is 5.56 Å². The molecule has 0 saturated carbocycles. The Hall–Kier alpha value is -3.72. The van der Waals surface area contributed by atoms with Gasteiger partial charge in [-0.05, 0) is 24.6 Å². The molecule has 9 heteroatoms. The van der Waals surface area contributed by atoms with E-state index >= 15 is 0 Å². The second kappa shape index (κ2) is 5.25. The third-order valence-corrected chi connectivity index (χ3v) is 5.94. The molecule has 9 nitrogen and oxygen atoms in total. The predicted molar refractivity (Wildman–Crippen MR) is 100 cm³/mol. The zero-order valence-corrected chi connectivity index (χ0v) is 15.7. The fourth-order valence-electron chi connectivity index (χ4n) is 4.37. The molecule has 0 amide bonds. The first kappa shape index (κ1) is 17.2. The molecule has 1 N–H and O–H groups in total. The van der Waals surface area contributed by atoms with Crippen LogP contribution in [-0.4, -0.2) is 26.8 Å². The number of fused-ring (bicyclic) bond motifs is 6. The fraction of sp³-hybridized carbons (Fsp3) is 0.238. The topological polar surface area (TPSA) is 117 Å². The first-order valence-corrected chi connectivity index (χ1v) is 9.42. The number of pyridine rings is 2. The van der Waals surface area contributed by atoms with Crippen LogP contribution in [0.3, 0.4) is 0 Å². The highest BCUT2D eigenvalue weighted by atomic mass is 17.0. The molecule has 150 valence electrons. The molecule has 3 aliphatic heterocycles. The van der Waals surface area contributed by atoms with E-state index in [2.05, 4.69) is 4.98 Å². The first-order valence-electron chi connectivity index (χ1n) is 9.42. The van der Waals surface area contributed by atoms with Crippen molar-refractivity contribution in [2.75, 3.05) is 0 Å². The highest BCUT2D eigenvalue weighted by molar-refractivity contribution is 5.87. The number of aromatic nitrogens is 2. The summed E-state index contributed by atoms with van der Waals surface area (Å²) in [5.41, 5.74) is -0.265. The average Bonchev–Trinajstić information content (AvgIpc) is 3.07. The van der Waals surface area contributed by atoms with Crippen molar-refractivity contribution in [3.63, 3.8) is 0 Å². The van der Waals surface area contributed by atoms with Gasteiger partial charge >= 0.3 is 18.1 Å². The van der Waals surface area contributed by atoms with Gasteiger partial charge in [-0.2, -0.15) is 0 Å². The molecule has 3 aliphatic rings. The molecule has 5 heterocycles. The van der Waals surface area contributed by atoms with Gasteiger partial charge in [0.1, 0.15) is 0 Å². The van der Waals surface area contributed by atoms with Crippen LogP contribution in [-0.2, 0) is 37.1 Å². The van der Waals surface area contributed by atoms with Crippen molar-refractivity contribution < 1.29 is 28.9 Å². The molecule has 0 unspecified atom stereocenters. The van der Waals surface area contributed by atoms with Crippen LogP contribution in [0.4, 0.5) is 4.79 Å². The third kappa shape index (κ3) is 1.90. The van der Waals surface area contributed by atoms with Crippen molar-refractivity contribution in [1.82, 2.24) is 9.55 Å². The van der Waals surface area contributed by atoms with Gasteiger partial charge in [0, 0.05) is 16.5 Å². The number of aliphatic hydroxyl groups is 1. The maximum atomic E-state index is 13.5. The molecule has 2 aromatic heterocycles. The summed E-state index contributed by atoms with van der Waals surface area (Å²) in [4.78, 5) is 42.1. The fourth-order valence-corrected chi connectivity index (χ4v) is 4.37. The minimum Gasteiger partial charge on any atom is -0.381 e. The Morgan fingerprint density at radius 3 is 2.63 bits per heavy atom. The van der Waals surface area contributed by atoms with Gasteiger partial charge in [0.15, 0.2) is 11.2 Å². The lowest BCUT2D eigenvalue weighted by Gasteiger charge is -2.44. The van der Waals surface area contributed by atoms with E-state index in [0.717, 1.165) is 16.5 Å². The van der Waals surface area contributed by atoms with E-state index in [9.17, 15) is 19.5 Å². The molecule has 3 aromatic rings. The summed E-state index contributed by atoms with van der Waals surface area (Å²) >= 11 is 0. The summed E-state index contributed by atoms with van der Waals surface area (Å²) in [6, 6.07) is 11.1. The van der Waals surface area contributed by atoms with Gasteiger partial charge in [0.05, 0.1) is 23.4 Å². The minimum absolute atomic E-state index is 0.00666. The number of hydrogen-bond donors (Lipinski definition) is 1. The van der Waals surface area contributed by atoms with E-state index in [0.29, 0.717) is 11.4 Å². The summed E-state index contributed by atoms with van der Waals surface area (Å²) in [5.74, 6) is -3.32. The van der Waals surface area contributed by atoms with Crippen LogP contribution in [0.2, 0.25) is 0 Å². The molecule has 6 rings (SSSR count). The Balaban J connectivity index is 1.66. The van der Waals surface area contributed by atoms with Crippen LogP contribution in [0.1, 0.15) is 30.0 Å². The lowest BCUT2D eigenvalue weighted by Crippen LogP contribution is -2.61. The number of carbonyl (C=O) groups excluding carboxylic acids is 2. The number of ether oxygens (including phenoxy) is 3. The Bertz CT molecular complexity index is 1370. The Morgan fingerprint density at radius 2 is 1.90 bits per heavy atom. The number of rotatable bonds is 1. The van der Waals surface area contributed by atoms with Gasteiger partial charge in [0.2, 0.25) is 0 Å². The van der Waals surface area contributed by atoms with Gasteiger partial charge in [-0.15, -0.1) is 0 Å². The summed E-state index contributed by atoms with van der Waals surface area (Å²) in [6.07, 6.45) is -1.12. The highest BCUT2D eigenvalue weighted by Crippen LogP contribution is 2.48. The molecular weight excluding hydrogens is 392 g/mol. The second-order valence-corrected chi connectivity index (χ2v) is 7.51. The largest absolute Gasteiger partial charge is 0.520 e. The molecule has 0 aliphatic carbocycles. The monoisotopic (exact) mass is 406 g/mol. The van der Waals surface area contributed by atoms with Gasteiger partial charge in [-0.25, -0.2) is 14.6 Å². The molecule has 30 heavy (non-hydrogen) atoms. The highest BCUT2D eigenvalue weighted by Gasteiger charge is 2.66. The van der Waals surface area contributed by atoms with E-state index < -0.39 is 29.3 Å². The summed E-state index contributed by atoms with van der Waals surface area (Å²) in [6.45, 7) is 1.82. The van der Waals surface area contributed by atoms with Crippen LogP contribution in [0.5, 0.6) is 0 Å². The number of nitrogens with zero attached hydrogens (tertiary/aromatic N) is 2. The van der Waals surface area contributed by atoms with Gasteiger partial charge in [-0.1, -0.05) is 25.1 Å². The van der Waals surface area contributed by atoms with Crippen molar-refractivity contribution in [3.05, 3.63) is 63.4 Å². The number of para-hydroxylation sites is 1. The molecule has 1 atom stereocenters. The smallest absolute Gasteiger partial charge is 0.381 e. The van der Waals surface area contributed by atoms with E-state index in [1.165, 1.54) is 10.6 Å². The third-order valence-electron chi connectivity index (χ3n) is 5.94. The van der Waals surface area contributed by atoms with E-state index in [1.807, 2.05) is 30.3 Å². The predicted octanol–water partition coefficient (Wildman–Crippen LogP) is 1.86. The quantitative estimate of drug-likeness (QED) is 0.476. The second-order valence-electron chi connectivity index (χ2n) is 7.51. The lowest BCUT2D eigenvalue weighted by atomic mass is 9.84. The van der Waals surface area contributed by atoms with Gasteiger partial charge in [-0.3, -0.25) is 4.79 Å². The van der Waals surface area contributed by atoms with Crippen molar-refractivity contribution in [3.8, 4) is 11.4 Å². The Morgan fingerprint density at radius 1 is 1.13 bits per heavy atom. The first-order chi connectivity index (χ1) is 14.4. The maximum absolute atomic E-state index is 13.5. The van der Waals surface area contributed by atoms with Crippen molar-refractivity contribution in [2.45, 2.75) is 31.5 Å². The van der Waals surface area contributed by atoms with Crippen LogP contribution in [0.25, 0.3) is 22.3 Å². The SMILES string of the molecule is CC[C@@]1(O)C(=O)OC2(OC(=O)O2)c2c1cc1n(c2=O)Cc2cc3ccccc3nc2-1. The standard InChI is InChI=1S/C21H14N2O7/c1-2-20(27)12-8-14-16-11(7-10-5-3-4-6-13(10)22-16)9-23(14)17(24)15(12)21(28-18(20)25)29-19(26)30-21/h3-8,27H,2,9H2,1H3/t20-/m0/s1.